The molecule has 1 amide bonds. The van der Waals surface area contributed by atoms with E-state index in [1.165, 1.54) is 20.2 Å². The summed E-state index contributed by atoms with van der Waals surface area (Å²) in [5, 5.41) is 2.99. The summed E-state index contributed by atoms with van der Waals surface area (Å²) in [6.45, 7) is 4.29. The Morgan fingerprint density at radius 3 is 2.38 bits per heavy atom. The molecule has 1 aliphatic heterocycles. The third-order valence-corrected chi connectivity index (χ3v) is 7.19. The first-order chi connectivity index (χ1) is 13.8. The molecule has 2 aromatic rings. The molecule has 0 aliphatic carbocycles. The summed E-state index contributed by atoms with van der Waals surface area (Å²) >= 11 is 0. The van der Waals surface area contributed by atoms with Crippen molar-refractivity contribution >= 4 is 21.6 Å². The first-order valence-electron chi connectivity index (χ1n) is 9.95. The topological polar surface area (TPSA) is 69.7 Å². The van der Waals surface area contributed by atoms with Gasteiger partial charge in [0.25, 0.3) is 5.91 Å². The molecular formula is C22H29N3O3S. The smallest absolute Gasteiger partial charge is 0.253 e. The zero-order valence-electron chi connectivity index (χ0n) is 17.3. The first-order valence-corrected chi connectivity index (χ1v) is 11.4. The highest BCUT2D eigenvalue weighted by Crippen LogP contribution is 2.28. The van der Waals surface area contributed by atoms with Crippen LogP contribution in [0.3, 0.4) is 0 Å². The average molecular weight is 416 g/mol. The van der Waals surface area contributed by atoms with Gasteiger partial charge in [0.2, 0.25) is 10.0 Å². The summed E-state index contributed by atoms with van der Waals surface area (Å²) in [4.78, 5) is 15.3. The number of sulfonamides is 1. The molecule has 1 aliphatic rings. The Kier molecular flexibility index (Phi) is 6.59. The summed E-state index contributed by atoms with van der Waals surface area (Å²) in [6.07, 6.45) is 2.15. The number of anilines is 1. The third kappa shape index (κ3) is 4.79. The lowest BCUT2D eigenvalue weighted by atomic mass is 10.0. The minimum absolute atomic E-state index is 0.131. The number of carbonyl (C=O) groups excluding carboxylic acids is 1. The van der Waals surface area contributed by atoms with Crippen molar-refractivity contribution in [3.8, 4) is 0 Å². The lowest BCUT2D eigenvalue weighted by molar-refractivity contribution is 0.0952. The summed E-state index contributed by atoms with van der Waals surface area (Å²) in [5.74, 6) is -0.0884. The van der Waals surface area contributed by atoms with Crippen molar-refractivity contribution in [1.82, 2.24) is 9.62 Å². The average Bonchev–Trinajstić information content (AvgIpc) is 3.26. The first kappa shape index (κ1) is 21.3. The van der Waals surface area contributed by atoms with Gasteiger partial charge in [0, 0.05) is 39.4 Å². The number of nitrogens with one attached hydrogen (secondary N) is 1. The van der Waals surface area contributed by atoms with Gasteiger partial charge in [-0.25, -0.2) is 12.7 Å². The fraction of sp³-hybridized carbons (Fsp3) is 0.409. The Bertz CT molecular complexity index is 953. The highest BCUT2D eigenvalue weighted by atomic mass is 32.2. The number of nitrogens with zero attached hydrogens (tertiary/aromatic N) is 2. The molecule has 156 valence electrons. The second kappa shape index (κ2) is 8.97. The van der Waals surface area contributed by atoms with Gasteiger partial charge < -0.3 is 10.2 Å². The van der Waals surface area contributed by atoms with Gasteiger partial charge >= 0.3 is 0 Å². The lowest BCUT2D eigenvalue weighted by Gasteiger charge is -2.23. The maximum atomic E-state index is 13.1. The molecule has 6 nitrogen and oxygen atoms in total. The monoisotopic (exact) mass is 415 g/mol. The van der Waals surface area contributed by atoms with Gasteiger partial charge in [0.15, 0.2) is 0 Å². The molecule has 2 aromatic carbocycles. The zero-order valence-corrected chi connectivity index (χ0v) is 18.1. The summed E-state index contributed by atoms with van der Waals surface area (Å²) in [7, 11) is -0.630. The Morgan fingerprint density at radius 1 is 1.10 bits per heavy atom. The van der Waals surface area contributed by atoms with Crippen molar-refractivity contribution in [2.75, 3.05) is 38.6 Å². The maximum absolute atomic E-state index is 13.1. The van der Waals surface area contributed by atoms with Crippen LogP contribution in [0.5, 0.6) is 0 Å². The molecular weight excluding hydrogens is 386 g/mol. The molecule has 1 saturated heterocycles. The number of benzene rings is 2. The van der Waals surface area contributed by atoms with Crippen LogP contribution in [0.15, 0.2) is 53.4 Å². The third-order valence-electron chi connectivity index (χ3n) is 5.38. The molecule has 1 unspecified atom stereocenters. The molecule has 0 bridgehead atoms. The quantitative estimate of drug-likeness (QED) is 0.755. The van der Waals surface area contributed by atoms with E-state index in [0.29, 0.717) is 12.1 Å². The van der Waals surface area contributed by atoms with Crippen molar-refractivity contribution in [3.05, 3.63) is 59.7 Å². The second-order valence-corrected chi connectivity index (χ2v) is 9.83. The van der Waals surface area contributed by atoms with E-state index in [1.807, 2.05) is 30.3 Å². The summed E-state index contributed by atoms with van der Waals surface area (Å²) < 4.78 is 26.3. The van der Waals surface area contributed by atoms with Crippen LogP contribution in [0.1, 0.15) is 41.6 Å². The highest BCUT2D eigenvalue weighted by molar-refractivity contribution is 7.89. The van der Waals surface area contributed by atoms with Gasteiger partial charge in [-0.05, 0) is 42.5 Å². The Morgan fingerprint density at radius 2 is 1.76 bits per heavy atom. The van der Waals surface area contributed by atoms with E-state index < -0.39 is 10.0 Å². The molecule has 1 fully saturated rings. The number of amides is 1. The van der Waals surface area contributed by atoms with E-state index in [9.17, 15) is 13.2 Å². The van der Waals surface area contributed by atoms with Gasteiger partial charge in [-0.1, -0.05) is 37.3 Å². The van der Waals surface area contributed by atoms with Crippen LogP contribution in [-0.4, -0.2) is 52.4 Å². The van der Waals surface area contributed by atoms with E-state index in [2.05, 4.69) is 17.1 Å². The molecule has 1 heterocycles. The predicted molar refractivity (Wildman–Crippen MR) is 116 cm³/mol. The Labute approximate surface area is 173 Å². The van der Waals surface area contributed by atoms with E-state index in [-0.39, 0.29) is 16.7 Å². The van der Waals surface area contributed by atoms with Crippen molar-refractivity contribution in [3.63, 3.8) is 0 Å². The molecule has 0 spiro atoms. The summed E-state index contributed by atoms with van der Waals surface area (Å²) in [5.41, 5.74) is 2.36. The zero-order chi connectivity index (χ0) is 21.0. The number of hydrogen-bond donors (Lipinski definition) is 1. The SMILES string of the molecule is CC(CNC(=O)c1cc(S(=O)(=O)N(C)C)ccc1N1CCCC1)c1ccccc1. The molecule has 7 heteroatoms. The fourth-order valence-electron chi connectivity index (χ4n) is 3.54. The molecule has 1 atom stereocenters. The number of hydrogen-bond acceptors (Lipinski definition) is 4. The maximum Gasteiger partial charge on any atom is 0.253 e. The standard InChI is InChI=1S/C22H29N3O3S/c1-17(18-9-5-4-6-10-18)16-23-22(26)20-15-19(29(27,28)24(2)3)11-12-21(20)25-13-7-8-14-25/h4-6,9-12,15,17H,7-8,13-14,16H2,1-3H3,(H,23,26). The van der Waals surface area contributed by atoms with Gasteiger partial charge in [0.05, 0.1) is 10.5 Å². The number of rotatable bonds is 7. The van der Waals surface area contributed by atoms with Crippen LogP contribution in [0.2, 0.25) is 0 Å². The van der Waals surface area contributed by atoms with Gasteiger partial charge in [-0.15, -0.1) is 0 Å². The van der Waals surface area contributed by atoms with E-state index >= 15 is 0 Å². The van der Waals surface area contributed by atoms with Crippen LogP contribution < -0.4 is 10.2 Å². The molecule has 29 heavy (non-hydrogen) atoms. The molecule has 0 aromatic heterocycles. The minimum atomic E-state index is -3.61. The van der Waals surface area contributed by atoms with Crippen LogP contribution in [0.4, 0.5) is 5.69 Å². The molecule has 1 N–H and O–H groups in total. The van der Waals surface area contributed by atoms with Gasteiger partial charge in [-0.2, -0.15) is 0 Å². The summed E-state index contributed by atoms with van der Waals surface area (Å²) in [6, 6.07) is 14.9. The van der Waals surface area contributed by atoms with Crippen LogP contribution in [0, 0.1) is 0 Å². The highest BCUT2D eigenvalue weighted by Gasteiger charge is 2.24. The predicted octanol–water partition coefficient (Wildman–Crippen LogP) is 3.07. The van der Waals surface area contributed by atoms with Crippen molar-refractivity contribution in [2.45, 2.75) is 30.6 Å². The van der Waals surface area contributed by atoms with Crippen molar-refractivity contribution in [1.29, 1.82) is 0 Å². The van der Waals surface area contributed by atoms with E-state index in [1.54, 1.807) is 12.1 Å². The van der Waals surface area contributed by atoms with Crippen LogP contribution in [-0.2, 0) is 10.0 Å². The molecule has 3 rings (SSSR count). The van der Waals surface area contributed by atoms with Gasteiger partial charge in [-0.3, -0.25) is 4.79 Å². The number of carbonyl (C=O) groups is 1. The van der Waals surface area contributed by atoms with E-state index in [4.69, 9.17) is 0 Å². The normalized spacial score (nSPS) is 15.5. The second-order valence-electron chi connectivity index (χ2n) is 7.68. The van der Waals surface area contributed by atoms with Gasteiger partial charge in [0.1, 0.15) is 0 Å². The van der Waals surface area contributed by atoms with E-state index in [0.717, 1.165) is 41.5 Å². The van der Waals surface area contributed by atoms with Crippen molar-refractivity contribution in [2.24, 2.45) is 0 Å². The Hall–Kier alpha value is -2.38. The minimum Gasteiger partial charge on any atom is -0.371 e. The van der Waals surface area contributed by atoms with Crippen LogP contribution in [0.25, 0.3) is 0 Å². The lowest BCUT2D eigenvalue weighted by Crippen LogP contribution is -2.31. The Balaban J connectivity index is 1.87. The molecule has 0 saturated carbocycles. The molecule has 0 radical (unpaired) electrons. The fourth-order valence-corrected chi connectivity index (χ4v) is 4.47. The van der Waals surface area contributed by atoms with Crippen LogP contribution >= 0.6 is 0 Å². The largest absolute Gasteiger partial charge is 0.371 e. The van der Waals surface area contributed by atoms with Crippen molar-refractivity contribution < 1.29 is 13.2 Å².